The monoisotopic (exact) mass is 212 g/mol. The lowest BCUT2D eigenvalue weighted by Gasteiger charge is -2.02. The van der Waals surface area contributed by atoms with Crippen molar-refractivity contribution in [3.63, 3.8) is 0 Å². The first-order valence-corrected chi connectivity index (χ1v) is 5.34. The van der Waals surface area contributed by atoms with Gasteiger partial charge in [-0.05, 0) is 23.3 Å². The van der Waals surface area contributed by atoms with Gasteiger partial charge in [-0.3, -0.25) is 0 Å². The van der Waals surface area contributed by atoms with Crippen LogP contribution in [0.4, 0.5) is 0 Å². The van der Waals surface area contributed by atoms with E-state index in [2.05, 4.69) is 30.3 Å². The van der Waals surface area contributed by atoms with Crippen molar-refractivity contribution in [3.8, 4) is 11.3 Å². The van der Waals surface area contributed by atoms with Gasteiger partial charge in [-0.2, -0.15) is 0 Å². The molecular weight excluding hydrogens is 200 g/mol. The third kappa shape index (κ3) is 1.68. The molecule has 0 saturated carbocycles. The lowest BCUT2D eigenvalue weighted by atomic mass is 10.0. The third-order valence-corrected chi connectivity index (χ3v) is 2.77. The normalized spacial score (nSPS) is 15.1. The SMILES string of the molecule is C1=C(c2ccc(-c3ccco3)cc2)COC1. The maximum Gasteiger partial charge on any atom is 0.133 e. The molecule has 1 aliphatic heterocycles. The summed E-state index contributed by atoms with van der Waals surface area (Å²) in [6.45, 7) is 1.45. The van der Waals surface area contributed by atoms with Gasteiger partial charge in [0.1, 0.15) is 5.76 Å². The van der Waals surface area contributed by atoms with E-state index in [1.165, 1.54) is 11.1 Å². The Morgan fingerprint density at radius 1 is 0.938 bits per heavy atom. The lowest BCUT2D eigenvalue weighted by molar-refractivity contribution is 0.216. The fraction of sp³-hybridized carbons (Fsp3) is 0.143. The molecule has 0 N–H and O–H groups in total. The Kier molecular flexibility index (Phi) is 2.35. The molecule has 1 aromatic carbocycles. The quantitative estimate of drug-likeness (QED) is 0.761. The number of hydrogen-bond acceptors (Lipinski definition) is 2. The first kappa shape index (κ1) is 9.43. The fourth-order valence-electron chi connectivity index (χ4n) is 1.88. The van der Waals surface area contributed by atoms with Crippen molar-refractivity contribution in [2.45, 2.75) is 0 Å². The van der Waals surface area contributed by atoms with Crippen LogP contribution in [0.1, 0.15) is 5.56 Å². The predicted octanol–water partition coefficient (Wildman–Crippen LogP) is 3.36. The average Bonchev–Trinajstić information content (AvgIpc) is 3.03. The van der Waals surface area contributed by atoms with Gasteiger partial charge >= 0.3 is 0 Å². The van der Waals surface area contributed by atoms with E-state index in [1.54, 1.807) is 6.26 Å². The topological polar surface area (TPSA) is 22.4 Å². The summed E-state index contributed by atoms with van der Waals surface area (Å²) < 4.78 is 10.6. The summed E-state index contributed by atoms with van der Waals surface area (Å²) >= 11 is 0. The van der Waals surface area contributed by atoms with Crippen LogP contribution < -0.4 is 0 Å². The first-order valence-electron chi connectivity index (χ1n) is 5.34. The molecule has 0 bridgehead atoms. The number of benzene rings is 1. The highest BCUT2D eigenvalue weighted by Gasteiger charge is 2.07. The van der Waals surface area contributed by atoms with Crippen molar-refractivity contribution < 1.29 is 9.15 Å². The van der Waals surface area contributed by atoms with Gasteiger partial charge in [-0.1, -0.05) is 30.3 Å². The van der Waals surface area contributed by atoms with Crippen LogP contribution in [-0.2, 0) is 4.74 Å². The molecule has 2 aromatic rings. The molecule has 0 fully saturated rings. The van der Waals surface area contributed by atoms with E-state index in [9.17, 15) is 0 Å². The fourth-order valence-corrected chi connectivity index (χ4v) is 1.88. The van der Waals surface area contributed by atoms with Crippen molar-refractivity contribution >= 4 is 5.57 Å². The van der Waals surface area contributed by atoms with E-state index in [0.717, 1.165) is 24.5 Å². The van der Waals surface area contributed by atoms with Crippen LogP contribution in [-0.4, -0.2) is 13.2 Å². The van der Waals surface area contributed by atoms with Crippen molar-refractivity contribution in [2.24, 2.45) is 0 Å². The van der Waals surface area contributed by atoms with E-state index in [1.807, 2.05) is 12.1 Å². The zero-order valence-electron chi connectivity index (χ0n) is 8.85. The highest BCUT2D eigenvalue weighted by Crippen LogP contribution is 2.24. The van der Waals surface area contributed by atoms with Crippen LogP contribution >= 0.6 is 0 Å². The van der Waals surface area contributed by atoms with Crippen molar-refractivity contribution in [1.29, 1.82) is 0 Å². The van der Waals surface area contributed by atoms with E-state index >= 15 is 0 Å². The highest BCUT2D eigenvalue weighted by molar-refractivity contribution is 5.70. The number of furan rings is 1. The van der Waals surface area contributed by atoms with Crippen molar-refractivity contribution in [1.82, 2.24) is 0 Å². The van der Waals surface area contributed by atoms with Gasteiger partial charge in [-0.15, -0.1) is 0 Å². The highest BCUT2D eigenvalue weighted by atomic mass is 16.5. The van der Waals surface area contributed by atoms with Crippen LogP contribution in [0.5, 0.6) is 0 Å². The van der Waals surface area contributed by atoms with Gasteiger partial charge in [0.05, 0.1) is 19.5 Å². The molecule has 0 saturated heterocycles. The van der Waals surface area contributed by atoms with Crippen LogP contribution in [0.15, 0.2) is 53.2 Å². The Hall–Kier alpha value is -1.80. The summed E-state index contributed by atoms with van der Waals surface area (Å²) in [4.78, 5) is 0. The lowest BCUT2D eigenvalue weighted by Crippen LogP contribution is -1.87. The molecule has 0 amide bonds. The minimum absolute atomic E-state index is 0.722. The molecule has 0 aliphatic carbocycles. The third-order valence-electron chi connectivity index (χ3n) is 2.77. The summed E-state index contributed by atoms with van der Waals surface area (Å²) in [7, 11) is 0. The van der Waals surface area contributed by atoms with Gasteiger partial charge in [0.2, 0.25) is 0 Å². The van der Waals surface area contributed by atoms with Gasteiger partial charge in [0, 0.05) is 5.56 Å². The second-order valence-electron chi connectivity index (χ2n) is 3.80. The zero-order chi connectivity index (χ0) is 10.8. The molecule has 3 rings (SSSR count). The molecule has 2 nitrogen and oxygen atoms in total. The van der Waals surface area contributed by atoms with Gasteiger partial charge in [0.25, 0.3) is 0 Å². The molecule has 2 heteroatoms. The minimum Gasteiger partial charge on any atom is -0.464 e. The molecule has 0 atom stereocenters. The van der Waals surface area contributed by atoms with Crippen LogP contribution in [0.3, 0.4) is 0 Å². The maximum absolute atomic E-state index is 5.35. The molecular formula is C14H12O2. The predicted molar refractivity (Wildman–Crippen MR) is 62.9 cm³/mol. The standard InChI is InChI=1S/C14H12O2/c1-2-14(16-8-1)12-5-3-11(4-6-12)13-7-9-15-10-13/h1-8H,9-10H2. The average molecular weight is 212 g/mol. The van der Waals surface area contributed by atoms with E-state index in [4.69, 9.17) is 9.15 Å². The van der Waals surface area contributed by atoms with Crippen LogP contribution in [0.25, 0.3) is 16.9 Å². The van der Waals surface area contributed by atoms with Crippen molar-refractivity contribution in [3.05, 3.63) is 54.3 Å². The zero-order valence-corrected chi connectivity index (χ0v) is 8.85. The Morgan fingerprint density at radius 3 is 2.38 bits per heavy atom. The Labute approximate surface area is 94.2 Å². The second kappa shape index (κ2) is 3.99. The molecule has 1 aliphatic rings. The van der Waals surface area contributed by atoms with Crippen molar-refractivity contribution in [2.75, 3.05) is 13.2 Å². The number of rotatable bonds is 2. The summed E-state index contributed by atoms with van der Waals surface area (Å²) in [6, 6.07) is 12.2. The smallest absolute Gasteiger partial charge is 0.133 e. The number of hydrogen-bond donors (Lipinski definition) is 0. The molecule has 0 radical (unpaired) electrons. The molecule has 1 aromatic heterocycles. The second-order valence-corrected chi connectivity index (χ2v) is 3.80. The van der Waals surface area contributed by atoms with Crippen LogP contribution in [0, 0.1) is 0 Å². The molecule has 16 heavy (non-hydrogen) atoms. The van der Waals surface area contributed by atoms with E-state index < -0.39 is 0 Å². The Bertz CT molecular complexity index is 492. The first-order chi connectivity index (χ1) is 7.93. The van der Waals surface area contributed by atoms with Gasteiger partial charge < -0.3 is 9.15 Å². The van der Waals surface area contributed by atoms with E-state index in [-0.39, 0.29) is 0 Å². The van der Waals surface area contributed by atoms with Crippen LogP contribution in [0.2, 0.25) is 0 Å². The maximum atomic E-state index is 5.35. The Balaban J connectivity index is 1.90. The van der Waals surface area contributed by atoms with Gasteiger partial charge in [-0.25, -0.2) is 0 Å². The number of ether oxygens (including phenoxy) is 1. The minimum atomic E-state index is 0.722. The molecule has 80 valence electrons. The summed E-state index contributed by atoms with van der Waals surface area (Å²) in [5, 5.41) is 0. The van der Waals surface area contributed by atoms with E-state index in [0.29, 0.717) is 0 Å². The molecule has 0 spiro atoms. The summed E-state index contributed by atoms with van der Waals surface area (Å²) in [5.74, 6) is 0.906. The molecule has 2 heterocycles. The summed E-state index contributed by atoms with van der Waals surface area (Å²) in [5.41, 5.74) is 3.60. The largest absolute Gasteiger partial charge is 0.464 e. The molecule has 0 unspecified atom stereocenters. The summed E-state index contributed by atoms with van der Waals surface area (Å²) in [6.07, 6.45) is 3.82. The van der Waals surface area contributed by atoms with Gasteiger partial charge in [0.15, 0.2) is 0 Å². The Morgan fingerprint density at radius 2 is 1.75 bits per heavy atom.